The Morgan fingerprint density at radius 3 is 2.58 bits per heavy atom. The maximum atomic E-state index is 12.4. The van der Waals surface area contributed by atoms with E-state index in [-0.39, 0.29) is 23.6 Å². The molecule has 0 spiro atoms. The van der Waals surface area contributed by atoms with Crippen LogP contribution in [0.2, 0.25) is 0 Å². The molecule has 0 N–H and O–H groups in total. The lowest BCUT2D eigenvalue weighted by molar-refractivity contribution is -0.686. The Hall–Kier alpha value is -3.61. The SMILES string of the molecule is COc1ccccc1-c1cc[n+](CC(=O)c2ccccc2[N+](=O)[O-])cn1. The number of rotatable bonds is 6. The number of aromatic nitrogens is 2. The molecule has 0 bridgehead atoms. The van der Waals surface area contributed by atoms with Gasteiger partial charge in [-0.1, -0.05) is 24.3 Å². The Morgan fingerprint density at radius 1 is 1.15 bits per heavy atom. The van der Waals surface area contributed by atoms with Gasteiger partial charge in [0.15, 0.2) is 12.2 Å². The normalized spacial score (nSPS) is 10.3. The monoisotopic (exact) mass is 350 g/mol. The quantitative estimate of drug-likeness (QED) is 0.295. The van der Waals surface area contributed by atoms with Crippen LogP contribution in [0.3, 0.4) is 0 Å². The third-order valence-corrected chi connectivity index (χ3v) is 3.88. The molecule has 0 amide bonds. The van der Waals surface area contributed by atoms with Gasteiger partial charge in [0.25, 0.3) is 12.0 Å². The zero-order valence-electron chi connectivity index (χ0n) is 14.0. The smallest absolute Gasteiger partial charge is 0.287 e. The molecule has 2 aromatic carbocycles. The summed E-state index contributed by atoms with van der Waals surface area (Å²) in [5.74, 6) is 0.350. The molecule has 7 nitrogen and oxygen atoms in total. The predicted octanol–water partition coefficient (Wildman–Crippen LogP) is 2.84. The summed E-state index contributed by atoms with van der Waals surface area (Å²) in [5, 5.41) is 11.1. The number of methoxy groups -OCH3 is 1. The predicted molar refractivity (Wildman–Crippen MR) is 93.8 cm³/mol. The fourth-order valence-electron chi connectivity index (χ4n) is 2.61. The van der Waals surface area contributed by atoms with Gasteiger partial charge >= 0.3 is 0 Å². The first-order valence-corrected chi connectivity index (χ1v) is 7.85. The van der Waals surface area contributed by atoms with E-state index in [9.17, 15) is 14.9 Å². The van der Waals surface area contributed by atoms with Crippen molar-refractivity contribution in [3.05, 3.63) is 82.8 Å². The Kier molecular flexibility index (Phi) is 4.98. The van der Waals surface area contributed by atoms with E-state index < -0.39 is 4.92 Å². The van der Waals surface area contributed by atoms with Crippen molar-refractivity contribution in [2.45, 2.75) is 6.54 Å². The lowest BCUT2D eigenvalue weighted by Crippen LogP contribution is -2.38. The molecular weight excluding hydrogens is 334 g/mol. The number of benzene rings is 2. The lowest BCUT2D eigenvalue weighted by Gasteiger charge is -2.05. The second-order valence-corrected chi connectivity index (χ2v) is 5.52. The maximum absolute atomic E-state index is 12.4. The van der Waals surface area contributed by atoms with Gasteiger partial charge in [0.05, 0.1) is 29.4 Å². The van der Waals surface area contributed by atoms with Gasteiger partial charge in [-0.3, -0.25) is 14.9 Å². The fraction of sp³-hybridized carbons (Fsp3) is 0.105. The van der Waals surface area contributed by atoms with Crippen LogP contribution in [0.4, 0.5) is 5.69 Å². The first kappa shape index (κ1) is 17.2. The van der Waals surface area contributed by atoms with Crippen molar-refractivity contribution in [3.8, 4) is 17.0 Å². The Morgan fingerprint density at radius 2 is 1.88 bits per heavy atom. The minimum Gasteiger partial charge on any atom is -0.496 e. The molecule has 0 aliphatic rings. The average Bonchev–Trinajstić information content (AvgIpc) is 2.68. The van der Waals surface area contributed by atoms with E-state index >= 15 is 0 Å². The van der Waals surface area contributed by atoms with Crippen molar-refractivity contribution >= 4 is 11.5 Å². The number of nitrogens with zero attached hydrogens (tertiary/aromatic N) is 3. The second kappa shape index (κ2) is 7.52. The summed E-state index contributed by atoms with van der Waals surface area (Å²) in [7, 11) is 1.59. The average molecular weight is 350 g/mol. The van der Waals surface area contributed by atoms with Gasteiger partial charge in [0.1, 0.15) is 5.75 Å². The molecule has 0 aliphatic carbocycles. The molecule has 130 valence electrons. The molecule has 3 aromatic rings. The van der Waals surface area contributed by atoms with Gasteiger partial charge in [-0.05, 0) is 23.2 Å². The molecule has 1 aromatic heterocycles. The summed E-state index contributed by atoms with van der Waals surface area (Å²) in [4.78, 5) is 27.3. The minimum atomic E-state index is -0.555. The third kappa shape index (κ3) is 3.56. The number of carbonyl (C=O) groups excluding carboxylic acids is 1. The van der Waals surface area contributed by atoms with Crippen LogP contribution in [0.25, 0.3) is 11.3 Å². The summed E-state index contributed by atoms with van der Waals surface area (Å²) in [6.45, 7) is -0.0376. The van der Waals surface area contributed by atoms with E-state index in [2.05, 4.69) is 4.98 Å². The van der Waals surface area contributed by atoms with Crippen molar-refractivity contribution in [2.24, 2.45) is 0 Å². The first-order chi connectivity index (χ1) is 12.6. The van der Waals surface area contributed by atoms with Crippen LogP contribution in [0, 0.1) is 10.1 Å². The number of ketones is 1. The number of hydrogen-bond donors (Lipinski definition) is 0. The van der Waals surface area contributed by atoms with Crippen LogP contribution in [-0.4, -0.2) is 22.8 Å². The van der Waals surface area contributed by atoms with Gasteiger partial charge in [0, 0.05) is 12.1 Å². The third-order valence-electron chi connectivity index (χ3n) is 3.88. The minimum absolute atomic E-state index is 0.0376. The van der Waals surface area contributed by atoms with E-state index in [0.29, 0.717) is 11.4 Å². The highest BCUT2D eigenvalue weighted by Crippen LogP contribution is 2.27. The van der Waals surface area contributed by atoms with Crippen LogP contribution >= 0.6 is 0 Å². The topological polar surface area (TPSA) is 86.2 Å². The largest absolute Gasteiger partial charge is 0.496 e. The van der Waals surface area contributed by atoms with Crippen LogP contribution < -0.4 is 9.30 Å². The maximum Gasteiger partial charge on any atom is 0.287 e. The lowest BCUT2D eigenvalue weighted by atomic mass is 10.1. The Labute approximate surface area is 149 Å². The first-order valence-electron chi connectivity index (χ1n) is 7.85. The number of carbonyl (C=O) groups is 1. The van der Waals surface area contributed by atoms with Crippen molar-refractivity contribution in [2.75, 3.05) is 7.11 Å². The molecule has 0 atom stereocenters. The zero-order chi connectivity index (χ0) is 18.5. The Balaban J connectivity index is 1.82. The summed E-state index contributed by atoms with van der Waals surface area (Å²) in [5.41, 5.74) is 1.43. The number of nitro groups is 1. The van der Waals surface area contributed by atoms with Crippen LogP contribution in [0.1, 0.15) is 10.4 Å². The van der Waals surface area contributed by atoms with Crippen LogP contribution in [-0.2, 0) is 6.54 Å². The Bertz CT molecular complexity index is 955. The van der Waals surface area contributed by atoms with E-state index in [0.717, 1.165) is 5.56 Å². The summed E-state index contributed by atoms with van der Waals surface area (Å²) < 4.78 is 6.90. The molecule has 7 heteroatoms. The van der Waals surface area contributed by atoms with Crippen molar-refractivity contribution in [3.63, 3.8) is 0 Å². The summed E-state index contributed by atoms with van der Waals surface area (Å²) in [6.07, 6.45) is 3.23. The highest BCUT2D eigenvalue weighted by molar-refractivity contribution is 5.98. The zero-order valence-corrected chi connectivity index (χ0v) is 14.0. The van der Waals surface area contributed by atoms with Gasteiger partial charge in [0.2, 0.25) is 5.78 Å². The van der Waals surface area contributed by atoms with Crippen LogP contribution in [0.5, 0.6) is 5.75 Å². The van der Waals surface area contributed by atoms with E-state index in [1.54, 1.807) is 30.0 Å². The van der Waals surface area contributed by atoms with Gasteiger partial charge in [-0.2, -0.15) is 0 Å². The molecule has 0 aliphatic heterocycles. The molecule has 1 heterocycles. The van der Waals surface area contributed by atoms with Crippen molar-refractivity contribution in [1.82, 2.24) is 4.98 Å². The van der Waals surface area contributed by atoms with Crippen LogP contribution in [0.15, 0.2) is 67.1 Å². The van der Waals surface area contributed by atoms with E-state index in [1.807, 2.05) is 24.3 Å². The van der Waals surface area contributed by atoms with E-state index in [4.69, 9.17) is 4.74 Å². The highest BCUT2D eigenvalue weighted by atomic mass is 16.6. The van der Waals surface area contributed by atoms with Crippen molar-refractivity contribution < 1.29 is 19.0 Å². The number of Topliss-reactive ketones (excluding diaryl/α,β-unsaturated/α-hetero) is 1. The molecule has 0 unspecified atom stereocenters. The number of nitro benzene ring substituents is 1. The summed E-state index contributed by atoms with van der Waals surface area (Å²) >= 11 is 0. The summed E-state index contributed by atoms with van der Waals surface area (Å²) in [6, 6.07) is 15.2. The fourth-order valence-corrected chi connectivity index (χ4v) is 2.61. The number of ether oxygens (including phenoxy) is 1. The number of hydrogen-bond acceptors (Lipinski definition) is 5. The van der Waals surface area contributed by atoms with Gasteiger partial charge < -0.3 is 4.74 Å². The molecule has 3 rings (SSSR count). The van der Waals surface area contributed by atoms with Gasteiger partial charge in [-0.15, -0.1) is 0 Å². The molecule has 0 saturated carbocycles. The molecule has 0 radical (unpaired) electrons. The highest BCUT2D eigenvalue weighted by Gasteiger charge is 2.21. The second-order valence-electron chi connectivity index (χ2n) is 5.52. The standard InChI is InChI=1S/C19H16N3O4/c1-26-19-9-5-3-6-14(19)16-10-11-21(13-20-16)12-18(23)15-7-2-4-8-17(15)22(24)25/h2-11,13H,12H2,1H3/q+1. The molecule has 26 heavy (non-hydrogen) atoms. The molecular formula is C19H16N3O4+. The van der Waals surface area contributed by atoms with E-state index in [1.165, 1.54) is 24.5 Å². The molecule has 0 fully saturated rings. The number of para-hydroxylation sites is 2. The molecule has 0 saturated heterocycles. The van der Waals surface area contributed by atoms with Gasteiger partial charge in [-0.25, -0.2) is 4.57 Å². The van der Waals surface area contributed by atoms with Crippen molar-refractivity contribution in [1.29, 1.82) is 0 Å².